The summed E-state index contributed by atoms with van der Waals surface area (Å²) in [7, 11) is 0. The lowest BCUT2D eigenvalue weighted by atomic mass is 10.0. The number of aromatic nitrogens is 3. The quantitative estimate of drug-likeness (QED) is 0.569. The van der Waals surface area contributed by atoms with E-state index in [-0.39, 0.29) is 5.28 Å². The molecule has 0 unspecified atom stereocenters. The van der Waals surface area contributed by atoms with Gasteiger partial charge in [-0.3, -0.25) is 0 Å². The second-order valence-electron chi connectivity index (χ2n) is 5.45. The van der Waals surface area contributed by atoms with Gasteiger partial charge in [-0.1, -0.05) is 78.9 Å². The van der Waals surface area contributed by atoms with Crippen LogP contribution in [0.2, 0.25) is 5.28 Å². The molecule has 3 nitrogen and oxygen atoms in total. The molecule has 4 heteroatoms. The van der Waals surface area contributed by atoms with Gasteiger partial charge in [-0.25, -0.2) is 9.97 Å². The molecule has 0 aliphatic carbocycles. The Hall–Kier alpha value is -2.78. The van der Waals surface area contributed by atoms with Crippen LogP contribution in [0.1, 0.15) is 12.7 Å². The van der Waals surface area contributed by atoms with Gasteiger partial charge in [0.25, 0.3) is 0 Å². The van der Waals surface area contributed by atoms with Gasteiger partial charge in [0.1, 0.15) is 5.82 Å². The van der Waals surface area contributed by atoms with E-state index in [1.807, 2.05) is 61.6 Å². The summed E-state index contributed by atoms with van der Waals surface area (Å²) in [5.74, 6) is 1.25. The Kier molecular flexibility index (Phi) is 5.70. The summed E-state index contributed by atoms with van der Waals surface area (Å²) in [5, 5.41) is 0.214. The highest BCUT2D eigenvalue weighted by Gasteiger charge is 2.07. The topological polar surface area (TPSA) is 38.7 Å². The van der Waals surface area contributed by atoms with Gasteiger partial charge in [0.15, 0.2) is 5.82 Å². The van der Waals surface area contributed by atoms with Gasteiger partial charge >= 0.3 is 0 Å². The van der Waals surface area contributed by atoms with Crippen LogP contribution in [0.5, 0.6) is 0 Å². The van der Waals surface area contributed by atoms with Crippen LogP contribution in [0.4, 0.5) is 0 Å². The summed E-state index contributed by atoms with van der Waals surface area (Å²) in [5.41, 5.74) is 3.25. The summed E-state index contributed by atoms with van der Waals surface area (Å²) in [6.07, 6.45) is 8.50. The van der Waals surface area contributed by atoms with Crippen LogP contribution in [-0.4, -0.2) is 15.0 Å². The first kappa shape index (κ1) is 17.1. The zero-order chi connectivity index (χ0) is 17.5. The van der Waals surface area contributed by atoms with E-state index in [0.29, 0.717) is 18.1 Å². The molecule has 0 N–H and O–H groups in total. The van der Waals surface area contributed by atoms with E-state index in [1.54, 1.807) is 0 Å². The Morgan fingerprint density at radius 2 is 1.48 bits per heavy atom. The first-order valence-corrected chi connectivity index (χ1v) is 8.48. The Labute approximate surface area is 152 Å². The van der Waals surface area contributed by atoms with E-state index in [1.165, 1.54) is 5.56 Å². The normalized spacial score (nSPS) is 11.4. The molecule has 0 radical (unpaired) electrons. The molecule has 25 heavy (non-hydrogen) atoms. The average molecular weight is 348 g/mol. The lowest BCUT2D eigenvalue weighted by molar-refractivity contribution is 0.940. The van der Waals surface area contributed by atoms with Crippen molar-refractivity contribution in [2.24, 2.45) is 0 Å². The monoisotopic (exact) mass is 347 g/mol. The van der Waals surface area contributed by atoms with Gasteiger partial charge in [0, 0.05) is 12.0 Å². The van der Waals surface area contributed by atoms with Gasteiger partial charge in [-0.05, 0) is 29.7 Å². The van der Waals surface area contributed by atoms with E-state index in [0.717, 1.165) is 11.1 Å². The molecular weight excluding hydrogens is 330 g/mol. The largest absolute Gasteiger partial charge is 0.226 e. The van der Waals surface area contributed by atoms with Crippen LogP contribution in [0.15, 0.2) is 78.9 Å². The van der Waals surface area contributed by atoms with Gasteiger partial charge in [0.05, 0.1) is 0 Å². The summed E-state index contributed by atoms with van der Waals surface area (Å²) < 4.78 is 0. The first-order valence-electron chi connectivity index (χ1n) is 8.10. The SMILES string of the molecule is C/C=C\C=C/Cc1nc(Cl)nc(-c2ccc(-c3ccccc3)cc2)n1. The highest BCUT2D eigenvalue weighted by atomic mass is 35.5. The second-order valence-corrected chi connectivity index (χ2v) is 5.78. The smallest absolute Gasteiger partial charge is 0.213 e. The maximum Gasteiger partial charge on any atom is 0.226 e. The Balaban J connectivity index is 1.85. The highest BCUT2D eigenvalue weighted by molar-refractivity contribution is 6.28. The predicted molar refractivity (Wildman–Crippen MR) is 103 cm³/mol. The van der Waals surface area contributed by atoms with Gasteiger partial charge < -0.3 is 0 Å². The maximum absolute atomic E-state index is 6.07. The summed E-state index contributed by atoms with van der Waals surface area (Å²) in [4.78, 5) is 13.0. The van der Waals surface area contributed by atoms with Crippen molar-refractivity contribution < 1.29 is 0 Å². The number of benzene rings is 2. The summed E-state index contributed by atoms with van der Waals surface area (Å²) in [6.45, 7) is 1.97. The van der Waals surface area contributed by atoms with E-state index < -0.39 is 0 Å². The molecule has 0 saturated heterocycles. The van der Waals surface area contributed by atoms with Crippen molar-refractivity contribution in [3.8, 4) is 22.5 Å². The molecule has 1 aromatic heterocycles. The number of hydrogen-bond donors (Lipinski definition) is 0. The molecule has 0 aliphatic heterocycles. The molecule has 3 rings (SSSR count). The van der Waals surface area contributed by atoms with Crippen molar-refractivity contribution >= 4 is 11.6 Å². The molecule has 0 atom stereocenters. The number of allylic oxidation sites excluding steroid dienone is 4. The molecule has 0 fully saturated rings. The third kappa shape index (κ3) is 4.61. The third-order valence-corrected chi connectivity index (χ3v) is 3.81. The predicted octanol–water partition coefficient (Wildman–Crippen LogP) is 5.53. The minimum atomic E-state index is 0.214. The van der Waals surface area contributed by atoms with Crippen molar-refractivity contribution in [3.63, 3.8) is 0 Å². The molecule has 124 valence electrons. The maximum atomic E-state index is 6.07. The summed E-state index contributed by atoms with van der Waals surface area (Å²) >= 11 is 6.07. The van der Waals surface area contributed by atoms with Crippen molar-refractivity contribution in [2.75, 3.05) is 0 Å². The van der Waals surface area contributed by atoms with Crippen LogP contribution < -0.4 is 0 Å². The summed E-state index contributed by atoms with van der Waals surface area (Å²) in [6, 6.07) is 18.4. The minimum absolute atomic E-state index is 0.214. The van der Waals surface area contributed by atoms with Crippen molar-refractivity contribution in [2.45, 2.75) is 13.3 Å². The molecule has 2 aromatic carbocycles. The third-order valence-electron chi connectivity index (χ3n) is 3.64. The number of hydrogen-bond acceptors (Lipinski definition) is 3. The molecule has 0 bridgehead atoms. The van der Waals surface area contributed by atoms with Crippen LogP contribution in [0.25, 0.3) is 22.5 Å². The van der Waals surface area contributed by atoms with Crippen LogP contribution in [0, 0.1) is 0 Å². The van der Waals surface area contributed by atoms with Crippen LogP contribution >= 0.6 is 11.6 Å². The molecular formula is C21H18ClN3. The van der Waals surface area contributed by atoms with E-state index in [9.17, 15) is 0 Å². The first-order chi connectivity index (χ1) is 12.3. The van der Waals surface area contributed by atoms with Crippen LogP contribution in [0.3, 0.4) is 0 Å². The lowest BCUT2D eigenvalue weighted by Gasteiger charge is -2.05. The van der Waals surface area contributed by atoms with E-state index in [2.05, 4.69) is 39.2 Å². The van der Waals surface area contributed by atoms with Crippen molar-refractivity contribution in [1.82, 2.24) is 15.0 Å². The molecule has 1 heterocycles. The highest BCUT2D eigenvalue weighted by Crippen LogP contribution is 2.23. The Morgan fingerprint density at radius 1 is 0.800 bits per heavy atom. The van der Waals surface area contributed by atoms with Gasteiger partial charge in [-0.15, -0.1) is 0 Å². The van der Waals surface area contributed by atoms with E-state index in [4.69, 9.17) is 11.6 Å². The number of rotatable bonds is 5. The number of halogens is 1. The molecule has 0 saturated carbocycles. The molecule has 0 amide bonds. The molecule has 3 aromatic rings. The Bertz CT molecular complexity index is 885. The fourth-order valence-corrected chi connectivity index (χ4v) is 2.59. The standard InChI is InChI=1S/C21H18ClN3/c1-2-3-4-8-11-19-23-20(25-21(22)24-19)18-14-12-17(13-15-18)16-9-6-5-7-10-16/h2-10,12-15H,11H2,1H3/b3-2-,8-4-. The Morgan fingerprint density at radius 3 is 2.20 bits per heavy atom. The average Bonchev–Trinajstić information content (AvgIpc) is 2.66. The lowest BCUT2D eigenvalue weighted by Crippen LogP contribution is -1.99. The molecule has 0 aliphatic rings. The minimum Gasteiger partial charge on any atom is -0.213 e. The van der Waals surface area contributed by atoms with Crippen molar-refractivity contribution in [3.05, 3.63) is 90.0 Å². The van der Waals surface area contributed by atoms with Crippen molar-refractivity contribution in [1.29, 1.82) is 0 Å². The number of nitrogens with zero attached hydrogens (tertiary/aromatic N) is 3. The fourth-order valence-electron chi connectivity index (χ4n) is 2.42. The van der Waals surface area contributed by atoms with Gasteiger partial charge in [0.2, 0.25) is 5.28 Å². The zero-order valence-electron chi connectivity index (χ0n) is 13.9. The fraction of sp³-hybridized carbons (Fsp3) is 0.0952. The molecule has 0 spiro atoms. The van der Waals surface area contributed by atoms with E-state index >= 15 is 0 Å². The van der Waals surface area contributed by atoms with Gasteiger partial charge in [-0.2, -0.15) is 4.98 Å². The van der Waals surface area contributed by atoms with Crippen LogP contribution in [-0.2, 0) is 6.42 Å². The zero-order valence-corrected chi connectivity index (χ0v) is 14.7. The second kappa shape index (κ2) is 8.36.